The number of hydrogen-bond donors (Lipinski definition) is 1. The van der Waals surface area contributed by atoms with Gasteiger partial charge in [-0.05, 0) is 66.7 Å². The van der Waals surface area contributed by atoms with Crippen molar-refractivity contribution in [3.8, 4) is 5.69 Å². The van der Waals surface area contributed by atoms with Crippen LogP contribution >= 0.6 is 23.4 Å². The standard InChI is InChI=1S/C21H16ClN3OS/c1-14-17(22)10-5-11-18(14)23-21-24-20(26)19(27-21)13-16-9-6-12-25(16)15-7-3-2-4-8-15/h2-13H,1H3,(H,23,24,26)/b19-13-. The van der Waals surface area contributed by atoms with Crippen molar-refractivity contribution in [3.63, 3.8) is 0 Å². The van der Waals surface area contributed by atoms with Crippen LogP contribution in [0.15, 0.2) is 76.8 Å². The number of amides is 1. The van der Waals surface area contributed by atoms with Crippen molar-refractivity contribution in [2.24, 2.45) is 4.99 Å². The first-order valence-electron chi connectivity index (χ1n) is 8.39. The fourth-order valence-corrected chi connectivity index (χ4v) is 3.77. The maximum Gasteiger partial charge on any atom is 0.264 e. The smallest absolute Gasteiger partial charge is 0.264 e. The highest BCUT2D eigenvalue weighted by molar-refractivity contribution is 8.18. The average Bonchev–Trinajstić information content (AvgIpc) is 3.27. The Balaban J connectivity index is 1.63. The Morgan fingerprint density at radius 2 is 1.89 bits per heavy atom. The molecule has 1 aromatic heterocycles. The van der Waals surface area contributed by atoms with E-state index in [0.717, 1.165) is 22.6 Å². The zero-order chi connectivity index (χ0) is 18.8. The first kappa shape index (κ1) is 17.6. The Morgan fingerprint density at radius 3 is 2.70 bits per heavy atom. The van der Waals surface area contributed by atoms with Gasteiger partial charge in [-0.15, -0.1) is 0 Å². The maximum atomic E-state index is 12.4. The molecule has 0 radical (unpaired) electrons. The van der Waals surface area contributed by atoms with Crippen molar-refractivity contribution in [3.05, 3.63) is 88.0 Å². The van der Waals surface area contributed by atoms with Crippen molar-refractivity contribution in [1.82, 2.24) is 9.88 Å². The van der Waals surface area contributed by atoms with E-state index < -0.39 is 0 Å². The first-order chi connectivity index (χ1) is 13.1. The maximum absolute atomic E-state index is 12.4. The summed E-state index contributed by atoms with van der Waals surface area (Å²) in [7, 11) is 0. The Labute approximate surface area is 166 Å². The second-order valence-corrected chi connectivity index (χ2v) is 7.44. The summed E-state index contributed by atoms with van der Waals surface area (Å²) >= 11 is 7.47. The van der Waals surface area contributed by atoms with E-state index >= 15 is 0 Å². The third kappa shape index (κ3) is 3.70. The highest BCUT2D eigenvalue weighted by Crippen LogP contribution is 2.31. The number of carbonyl (C=O) groups excluding carboxylic acids is 1. The van der Waals surface area contributed by atoms with E-state index in [9.17, 15) is 4.79 Å². The van der Waals surface area contributed by atoms with Crippen LogP contribution in [0.3, 0.4) is 0 Å². The molecule has 0 aliphatic carbocycles. The predicted octanol–water partition coefficient (Wildman–Crippen LogP) is 5.33. The zero-order valence-corrected chi connectivity index (χ0v) is 16.1. The second kappa shape index (κ2) is 7.47. The Hall–Kier alpha value is -2.76. The van der Waals surface area contributed by atoms with Gasteiger partial charge in [0.1, 0.15) is 0 Å². The van der Waals surface area contributed by atoms with Crippen molar-refractivity contribution >= 4 is 46.2 Å². The molecule has 27 heavy (non-hydrogen) atoms. The molecule has 1 amide bonds. The summed E-state index contributed by atoms with van der Waals surface area (Å²) in [6.45, 7) is 1.91. The van der Waals surface area contributed by atoms with E-state index in [-0.39, 0.29) is 5.91 Å². The monoisotopic (exact) mass is 393 g/mol. The molecule has 1 aliphatic heterocycles. The predicted molar refractivity (Wildman–Crippen MR) is 113 cm³/mol. The summed E-state index contributed by atoms with van der Waals surface area (Å²) in [6.07, 6.45) is 3.85. The number of para-hydroxylation sites is 1. The normalized spacial score (nSPS) is 16.9. The molecular weight excluding hydrogens is 378 g/mol. The van der Waals surface area contributed by atoms with Gasteiger partial charge in [-0.25, -0.2) is 4.99 Å². The molecule has 4 nitrogen and oxygen atoms in total. The number of halogens is 1. The zero-order valence-electron chi connectivity index (χ0n) is 14.5. The molecule has 1 N–H and O–H groups in total. The van der Waals surface area contributed by atoms with Gasteiger partial charge in [-0.2, -0.15) is 0 Å². The minimum absolute atomic E-state index is 0.153. The fourth-order valence-electron chi connectivity index (χ4n) is 2.78. The highest BCUT2D eigenvalue weighted by atomic mass is 35.5. The molecule has 0 atom stereocenters. The molecule has 2 heterocycles. The summed E-state index contributed by atoms with van der Waals surface area (Å²) in [5, 5.41) is 4.03. The van der Waals surface area contributed by atoms with Crippen molar-refractivity contribution < 1.29 is 4.79 Å². The molecule has 134 valence electrons. The van der Waals surface area contributed by atoms with Gasteiger partial charge in [-0.1, -0.05) is 35.9 Å². The third-order valence-corrected chi connectivity index (χ3v) is 5.52. The summed E-state index contributed by atoms with van der Waals surface area (Å²) in [6, 6.07) is 19.5. The van der Waals surface area contributed by atoms with Gasteiger partial charge in [0.05, 0.1) is 10.6 Å². The van der Waals surface area contributed by atoms with Crippen LogP contribution in [0.25, 0.3) is 11.8 Å². The number of aromatic nitrogens is 1. The van der Waals surface area contributed by atoms with Gasteiger partial charge in [0, 0.05) is 22.6 Å². The number of thioether (sulfide) groups is 1. The minimum atomic E-state index is -0.153. The molecule has 1 aliphatic rings. The van der Waals surface area contributed by atoms with Gasteiger partial charge in [0.15, 0.2) is 5.17 Å². The molecule has 4 rings (SSSR count). The lowest BCUT2D eigenvalue weighted by Crippen LogP contribution is -2.19. The molecule has 0 unspecified atom stereocenters. The topological polar surface area (TPSA) is 46.4 Å². The Kier molecular flexibility index (Phi) is 4.88. The van der Waals surface area contributed by atoms with Crippen LogP contribution in [0, 0.1) is 6.92 Å². The number of rotatable bonds is 3. The Bertz CT molecular complexity index is 1070. The summed E-state index contributed by atoms with van der Waals surface area (Å²) < 4.78 is 2.04. The molecule has 0 bridgehead atoms. The first-order valence-corrected chi connectivity index (χ1v) is 9.59. The number of carbonyl (C=O) groups is 1. The molecule has 2 aromatic carbocycles. The van der Waals surface area contributed by atoms with Crippen LogP contribution in [0.2, 0.25) is 5.02 Å². The van der Waals surface area contributed by atoms with E-state index in [0.29, 0.717) is 15.1 Å². The van der Waals surface area contributed by atoms with Crippen molar-refractivity contribution in [1.29, 1.82) is 0 Å². The second-order valence-electron chi connectivity index (χ2n) is 6.00. The van der Waals surface area contributed by atoms with Crippen LogP contribution < -0.4 is 5.32 Å². The minimum Gasteiger partial charge on any atom is -0.317 e. The molecule has 0 saturated carbocycles. The van der Waals surface area contributed by atoms with Gasteiger partial charge in [-0.3, -0.25) is 4.79 Å². The van der Waals surface area contributed by atoms with Crippen LogP contribution in [0.1, 0.15) is 11.3 Å². The summed E-state index contributed by atoms with van der Waals surface area (Å²) in [5.74, 6) is -0.153. The van der Waals surface area contributed by atoms with Crippen molar-refractivity contribution in [2.45, 2.75) is 6.92 Å². The van der Waals surface area contributed by atoms with Crippen LogP contribution in [-0.2, 0) is 4.79 Å². The molecule has 1 saturated heterocycles. The van der Waals surface area contributed by atoms with E-state index in [1.807, 2.05) is 84.4 Å². The van der Waals surface area contributed by atoms with Crippen LogP contribution in [0.4, 0.5) is 5.69 Å². The van der Waals surface area contributed by atoms with E-state index in [4.69, 9.17) is 11.6 Å². The largest absolute Gasteiger partial charge is 0.317 e. The Morgan fingerprint density at radius 1 is 1.07 bits per heavy atom. The molecule has 6 heteroatoms. The lowest BCUT2D eigenvalue weighted by atomic mass is 10.2. The molecule has 1 fully saturated rings. The number of nitrogens with zero attached hydrogens (tertiary/aromatic N) is 2. The quantitative estimate of drug-likeness (QED) is 0.611. The van der Waals surface area contributed by atoms with Gasteiger partial charge in [0.25, 0.3) is 5.91 Å². The number of nitrogens with one attached hydrogen (secondary N) is 1. The number of benzene rings is 2. The highest BCUT2D eigenvalue weighted by Gasteiger charge is 2.24. The summed E-state index contributed by atoms with van der Waals surface area (Å²) in [4.78, 5) is 17.5. The van der Waals surface area contributed by atoms with Gasteiger partial charge >= 0.3 is 0 Å². The molecule has 0 spiro atoms. The molecular formula is C21H16ClN3OS. The number of aliphatic imine (C=N–C) groups is 1. The van der Waals surface area contributed by atoms with Gasteiger partial charge < -0.3 is 9.88 Å². The fraction of sp³-hybridized carbons (Fsp3) is 0.0476. The third-order valence-electron chi connectivity index (χ3n) is 4.21. The number of hydrogen-bond acceptors (Lipinski definition) is 3. The molecule has 3 aromatic rings. The number of amidine groups is 1. The van der Waals surface area contributed by atoms with E-state index in [1.54, 1.807) is 0 Å². The lowest BCUT2D eigenvalue weighted by molar-refractivity contribution is -0.115. The van der Waals surface area contributed by atoms with E-state index in [1.165, 1.54) is 11.8 Å². The van der Waals surface area contributed by atoms with Crippen LogP contribution in [0.5, 0.6) is 0 Å². The average molecular weight is 394 g/mol. The van der Waals surface area contributed by atoms with Crippen molar-refractivity contribution in [2.75, 3.05) is 0 Å². The SMILES string of the molecule is Cc1c(Cl)cccc1N=C1NC(=O)/C(=C/c2cccn2-c2ccccc2)S1. The van der Waals surface area contributed by atoms with Gasteiger partial charge in [0.2, 0.25) is 0 Å². The van der Waals surface area contributed by atoms with E-state index in [2.05, 4.69) is 10.3 Å². The van der Waals surface area contributed by atoms with Crippen LogP contribution in [-0.4, -0.2) is 15.6 Å². The lowest BCUT2D eigenvalue weighted by Gasteiger charge is -2.06. The summed E-state index contributed by atoms with van der Waals surface area (Å²) in [5.41, 5.74) is 3.61.